The van der Waals surface area contributed by atoms with Crippen LogP contribution in [0.2, 0.25) is 0 Å². The molecule has 11 heteroatoms. The zero-order valence-corrected chi connectivity index (χ0v) is 15.0. The van der Waals surface area contributed by atoms with Gasteiger partial charge in [0.1, 0.15) is 11.5 Å². The zero-order valence-electron chi connectivity index (χ0n) is 14.1. The number of hydrogen-bond donors (Lipinski definition) is 0. The molecule has 27 heavy (non-hydrogen) atoms. The molecule has 0 N–H and O–H groups in total. The van der Waals surface area contributed by atoms with Gasteiger partial charge in [0, 0.05) is 24.6 Å². The summed E-state index contributed by atoms with van der Waals surface area (Å²) in [6.07, 6.45) is 0. The smallest absolute Gasteiger partial charge is 0.343 e. The molecular weight excluding hydrogens is 378 g/mol. The third-order valence-electron chi connectivity index (χ3n) is 3.47. The van der Waals surface area contributed by atoms with Crippen LogP contribution in [0.15, 0.2) is 51.9 Å². The van der Waals surface area contributed by atoms with Crippen LogP contribution in [-0.2, 0) is 10.1 Å². The molecular formula is C16H13N3O7S. The van der Waals surface area contributed by atoms with Crippen LogP contribution in [0.3, 0.4) is 0 Å². The standard InChI is InChI=1S/C16H13N3O7S/c1-10-17-16(18-25-10)11-3-6-13(7-4-11)26-27(22,23)15-9-12(19(20)21)5-8-14(15)24-2/h3-9H,1-2H3. The van der Waals surface area contributed by atoms with Gasteiger partial charge < -0.3 is 13.4 Å². The maximum atomic E-state index is 12.5. The van der Waals surface area contributed by atoms with Crippen molar-refractivity contribution in [1.82, 2.24) is 10.1 Å². The van der Waals surface area contributed by atoms with Crippen LogP contribution in [0.4, 0.5) is 5.69 Å². The molecule has 10 nitrogen and oxygen atoms in total. The third kappa shape index (κ3) is 3.87. The first-order valence-electron chi connectivity index (χ1n) is 7.48. The van der Waals surface area contributed by atoms with Crippen molar-refractivity contribution in [3.63, 3.8) is 0 Å². The number of benzene rings is 2. The van der Waals surface area contributed by atoms with E-state index in [2.05, 4.69) is 10.1 Å². The van der Waals surface area contributed by atoms with Gasteiger partial charge in [-0.15, -0.1) is 0 Å². The molecule has 0 amide bonds. The van der Waals surface area contributed by atoms with Gasteiger partial charge >= 0.3 is 10.1 Å². The first kappa shape index (κ1) is 18.3. The molecule has 0 radical (unpaired) electrons. The van der Waals surface area contributed by atoms with Crippen molar-refractivity contribution in [3.05, 3.63) is 58.5 Å². The van der Waals surface area contributed by atoms with E-state index in [9.17, 15) is 18.5 Å². The molecule has 1 aromatic heterocycles. The van der Waals surface area contributed by atoms with E-state index < -0.39 is 25.6 Å². The largest absolute Gasteiger partial charge is 0.495 e. The van der Waals surface area contributed by atoms with Crippen molar-refractivity contribution in [3.8, 4) is 22.9 Å². The average Bonchev–Trinajstić information content (AvgIpc) is 3.07. The summed E-state index contributed by atoms with van der Waals surface area (Å²) in [4.78, 5) is 13.8. The fourth-order valence-corrected chi connectivity index (χ4v) is 3.34. The van der Waals surface area contributed by atoms with Crippen molar-refractivity contribution in [2.75, 3.05) is 7.11 Å². The SMILES string of the molecule is COc1ccc([N+](=O)[O-])cc1S(=O)(=O)Oc1ccc(-c2noc(C)n2)cc1. The van der Waals surface area contributed by atoms with Crippen LogP contribution in [0.25, 0.3) is 11.4 Å². The minimum Gasteiger partial charge on any atom is -0.495 e. The lowest BCUT2D eigenvalue weighted by atomic mass is 10.2. The van der Waals surface area contributed by atoms with Crippen molar-refractivity contribution in [2.45, 2.75) is 11.8 Å². The van der Waals surface area contributed by atoms with E-state index in [1.807, 2.05) is 0 Å². The zero-order chi connectivity index (χ0) is 19.6. The van der Waals surface area contributed by atoms with E-state index in [1.54, 1.807) is 19.1 Å². The van der Waals surface area contributed by atoms with E-state index in [4.69, 9.17) is 13.4 Å². The van der Waals surface area contributed by atoms with Gasteiger partial charge in [0.25, 0.3) is 5.69 Å². The summed E-state index contributed by atoms with van der Waals surface area (Å²) in [5, 5.41) is 14.7. The van der Waals surface area contributed by atoms with Crippen LogP contribution >= 0.6 is 0 Å². The molecule has 1 heterocycles. The number of methoxy groups -OCH3 is 1. The fourth-order valence-electron chi connectivity index (χ4n) is 2.22. The molecule has 0 aliphatic carbocycles. The third-order valence-corrected chi connectivity index (χ3v) is 4.74. The van der Waals surface area contributed by atoms with Gasteiger partial charge in [-0.3, -0.25) is 10.1 Å². The normalized spacial score (nSPS) is 11.2. The van der Waals surface area contributed by atoms with Gasteiger partial charge in [-0.1, -0.05) is 5.16 Å². The quantitative estimate of drug-likeness (QED) is 0.353. The van der Waals surface area contributed by atoms with Crippen LogP contribution in [-0.4, -0.2) is 30.6 Å². The highest BCUT2D eigenvalue weighted by molar-refractivity contribution is 7.87. The van der Waals surface area contributed by atoms with Gasteiger partial charge in [-0.2, -0.15) is 13.4 Å². The minimum absolute atomic E-state index is 0.00697. The Morgan fingerprint density at radius 1 is 1.15 bits per heavy atom. The monoisotopic (exact) mass is 391 g/mol. The Kier molecular flexibility index (Phi) is 4.77. The number of ether oxygens (including phenoxy) is 1. The second kappa shape index (κ2) is 7.03. The van der Waals surface area contributed by atoms with Crippen LogP contribution < -0.4 is 8.92 Å². The number of non-ortho nitro benzene ring substituents is 1. The number of aromatic nitrogens is 2. The first-order valence-corrected chi connectivity index (χ1v) is 8.88. The van der Waals surface area contributed by atoms with E-state index in [-0.39, 0.29) is 11.5 Å². The summed E-state index contributed by atoms with van der Waals surface area (Å²) in [6, 6.07) is 9.13. The second-order valence-corrected chi connectivity index (χ2v) is 6.81. The highest BCUT2D eigenvalue weighted by Gasteiger charge is 2.25. The average molecular weight is 391 g/mol. The minimum atomic E-state index is -4.36. The molecule has 3 rings (SSSR count). The molecule has 0 aliphatic heterocycles. The summed E-state index contributed by atoms with van der Waals surface area (Å²) in [5.41, 5.74) is 0.199. The van der Waals surface area contributed by atoms with Crippen LogP contribution in [0.1, 0.15) is 5.89 Å². The number of hydrogen-bond acceptors (Lipinski definition) is 9. The summed E-state index contributed by atoms with van der Waals surface area (Å²) in [5.74, 6) is 0.681. The van der Waals surface area contributed by atoms with Crippen LogP contribution in [0, 0.1) is 17.0 Å². The predicted molar refractivity (Wildman–Crippen MR) is 91.9 cm³/mol. The molecule has 3 aromatic rings. The highest BCUT2D eigenvalue weighted by atomic mass is 32.2. The van der Waals surface area contributed by atoms with Crippen molar-refractivity contribution in [1.29, 1.82) is 0 Å². The van der Waals surface area contributed by atoms with Gasteiger partial charge in [0.15, 0.2) is 4.90 Å². The van der Waals surface area contributed by atoms with Gasteiger partial charge in [-0.05, 0) is 30.3 Å². The Labute approximate surface area is 153 Å². The Morgan fingerprint density at radius 2 is 1.85 bits per heavy atom. The molecule has 0 bridgehead atoms. The topological polar surface area (TPSA) is 135 Å². The van der Waals surface area contributed by atoms with Gasteiger partial charge in [-0.25, -0.2) is 0 Å². The molecule has 2 aromatic carbocycles. The Balaban J connectivity index is 1.90. The van der Waals surface area contributed by atoms with Crippen molar-refractivity contribution < 1.29 is 26.8 Å². The van der Waals surface area contributed by atoms with E-state index in [0.717, 1.165) is 12.1 Å². The number of nitrogens with zero attached hydrogens (tertiary/aromatic N) is 3. The molecule has 0 aliphatic rings. The molecule has 0 saturated heterocycles. The predicted octanol–water partition coefficient (Wildman–Crippen LogP) is 2.73. The molecule has 0 spiro atoms. The maximum Gasteiger partial charge on any atom is 0.343 e. The number of nitro benzene ring substituents is 1. The second-order valence-electron chi connectivity index (χ2n) is 5.29. The van der Waals surface area contributed by atoms with Gasteiger partial charge in [0.05, 0.1) is 12.0 Å². The lowest BCUT2D eigenvalue weighted by Gasteiger charge is -2.10. The Morgan fingerprint density at radius 3 is 2.41 bits per heavy atom. The first-order chi connectivity index (χ1) is 12.8. The molecule has 0 saturated carbocycles. The van der Waals surface area contributed by atoms with E-state index in [1.165, 1.54) is 25.3 Å². The molecule has 0 fully saturated rings. The van der Waals surface area contributed by atoms with Crippen molar-refractivity contribution >= 4 is 15.8 Å². The molecule has 0 unspecified atom stereocenters. The lowest BCUT2D eigenvalue weighted by Crippen LogP contribution is -2.11. The summed E-state index contributed by atoms with van der Waals surface area (Å²) in [6.45, 7) is 1.65. The van der Waals surface area contributed by atoms with E-state index in [0.29, 0.717) is 17.3 Å². The Bertz CT molecular complexity index is 1090. The summed E-state index contributed by atoms with van der Waals surface area (Å²) < 4.78 is 40.0. The summed E-state index contributed by atoms with van der Waals surface area (Å²) in [7, 11) is -3.11. The van der Waals surface area contributed by atoms with Gasteiger partial charge in [0.2, 0.25) is 11.7 Å². The van der Waals surface area contributed by atoms with Crippen molar-refractivity contribution in [2.24, 2.45) is 0 Å². The highest BCUT2D eigenvalue weighted by Crippen LogP contribution is 2.31. The van der Waals surface area contributed by atoms with Crippen LogP contribution in [0.5, 0.6) is 11.5 Å². The molecule has 140 valence electrons. The number of rotatable bonds is 6. The summed E-state index contributed by atoms with van der Waals surface area (Å²) >= 11 is 0. The van der Waals surface area contributed by atoms with E-state index >= 15 is 0 Å². The number of nitro groups is 1. The number of aryl methyl sites for hydroxylation is 1. The maximum absolute atomic E-state index is 12.5. The molecule has 0 atom stereocenters. The Hall–Kier alpha value is -3.47. The fraction of sp³-hybridized carbons (Fsp3) is 0.125. The lowest BCUT2D eigenvalue weighted by molar-refractivity contribution is -0.385.